The highest BCUT2D eigenvalue weighted by Gasteiger charge is 2.21. The molecule has 0 bridgehead atoms. The van der Waals surface area contributed by atoms with Crippen LogP contribution in [0.25, 0.3) is 0 Å². The monoisotopic (exact) mass is 384 g/mol. The molecule has 7 nitrogen and oxygen atoms in total. The SMILES string of the molecule is O=C1CCc2cc(C(O)C(O)CCNC(=O)OCc3ccccc3)ccc2N1. The minimum Gasteiger partial charge on any atom is -0.445 e. The van der Waals surface area contributed by atoms with E-state index in [0.29, 0.717) is 18.4 Å². The van der Waals surface area contributed by atoms with E-state index >= 15 is 0 Å². The smallest absolute Gasteiger partial charge is 0.407 e. The van der Waals surface area contributed by atoms with Crippen LogP contribution in [-0.4, -0.2) is 34.9 Å². The van der Waals surface area contributed by atoms with Crippen LogP contribution in [-0.2, 0) is 22.6 Å². The number of ether oxygens (including phenoxy) is 1. The molecule has 2 unspecified atom stereocenters. The lowest BCUT2D eigenvalue weighted by Gasteiger charge is -2.22. The Morgan fingerprint density at radius 1 is 1.14 bits per heavy atom. The molecule has 2 amide bonds. The number of benzene rings is 2. The number of alkyl carbamates (subject to hydrolysis) is 1. The standard InChI is InChI=1S/C21H24N2O5/c24-18(10-11-22-21(27)28-13-14-4-2-1-3-5-14)20(26)16-6-8-17-15(12-16)7-9-19(25)23-17/h1-6,8,12,18,20,24,26H,7,9-11,13H2,(H,22,27)(H,23,25). The molecule has 3 rings (SSSR count). The van der Waals surface area contributed by atoms with Gasteiger partial charge in [-0.25, -0.2) is 4.79 Å². The summed E-state index contributed by atoms with van der Waals surface area (Å²) in [6, 6.07) is 14.5. The molecule has 0 fully saturated rings. The number of aliphatic hydroxyl groups is 2. The lowest BCUT2D eigenvalue weighted by Crippen LogP contribution is -2.30. The summed E-state index contributed by atoms with van der Waals surface area (Å²) in [6.07, 6.45) is -1.50. The Balaban J connectivity index is 1.43. The molecule has 28 heavy (non-hydrogen) atoms. The zero-order chi connectivity index (χ0) is 19.9. The van der Waals surface area contributed by atoms with E-state index in [1.807, 2.05) is 30.3 Å². The van der Waals surface area contributed by atoms with Crippen LogP contribution < -0.4 is 10.6 Å². The van der Waals surface area contributed by atoms with Gasteiger partial charge in [-0.15, -0.1) is 0 Å². The van der Waals surface area contributed by atoms with Gasteiger partial charge in [-0.3, -0.25) is 4.79 Å². The summed E-state index contributed by atoms with van der Waals surface area (Å²) in [6.45, 7) is 0.344. The van der Waals surface area contributed by atoms with Crippen molar-refractivity contribution in [1.82, 2.24) is 5.32 Å². The van der Waals surface area contributed by atoms with Gasteiger partial charge in [-0.05, 0) is 35.6 Å². The average molecular weight is 384 g/mol. The Hall–Kier alpha value is -2.90. The van der Waals surface area contributed by atoms with Crippen molar-refractivity contribution in [3.8, 4) is 0 Å². The van der Waals surface area contributed by atoms with E-state index in [0.717, 1.165) is 16.8 Å². The predicted octanol–water partition coefficient (Wildman–Crippen LogP) is 2.28. The summed E-state index contributed by atoms with van der Waals surface area (Å²) in [5.74, 6) is -0.0222. The van der Waals surface area contributed by atoms with Gasteiger partial charge in [-0.1, -0.05) is 42.5 Å². The molecule has 1 heterocycles. The normalized spacial score (nSPS) is 15.1. The number of rotatable bonds is 7. The van der Waals surface area contributed by atoms with E-state index < -0.39 is 18.3 Å². The van der Waals surface area contributed by atoms with E-state index in [4.69, 9.17) is 4.74 Å². The highest BCUT2D eigenvalue weighted by molar-refractivity contribution is 5.93. The third-order valence-electron chi connectivity index (χ3n) is 4.65. The van der Waals surface area contributed by atoms with Crippen LogP contribution in [0.4, 0.5) is 10.5 Å². The molecule has 2 aromatic rings. The van der Waals surface area contributed by atoms with Crippen LogP contribution in [0, 0.1) is 0 Å². The van der Waals surface area contributed by atoms with Crippen LogP contribution >= 0.6 is 0 Å². The van der Waals surface area contributed by atoms with E-state index in [-0.39, 0.29) is 25.5 Å². The summed E-state index contributed by atoms with van der Waals surface area (Å²) in [7, 11) is 0. The Labute approximate surface area is 163 Å². The van der Waals surface area contributed by atoms with Crippen LogP contribution in [0.2, 0.25) is 0 Å². The minimum absolute atomic E-state index is 0.0222. The van der Waals surface area contributed by atoms with E-state index in [1.54, 1.807) is 18.2 Å². The van der Waals surface area contributed by atoms with E-state index in [1.165, 1.54) is 0 Å². The molecule has 0 aliphatic carbocycles. The average Bonchev–Trinajstić information content (AvgIpc) is 2.72. The minimum atomic E-state index is -1.08. The fourth-order valence-corrected chi connectivity index (χ4v) is 3.06. The van der Waals surface area contributed by atoms with Gasteiger partial charge in [0.25, 0.3) is 0 Å². The molecule has 0 saturated heterocycles. The van der Waals surface area contributed by atoms with Gasteiger partial charge in [0.2, 0.25) is 5.91 Å². The number of hydrogen-bond acceptors (Lipinski definition) is 5. The quantitative estimate of drug-likeness (QED) is 0.586. The number of aryl methyl sites for hydroxylation is 1. The number of anilines is 1. The highest BCUT2D eigenvalue weighted by atomic mass is 16.5. The molecule has 0 spiro atoms. The van der Waals surface area contributed by atoms with E-state index in [9.17, 15) is 19.8 Å². The van der Waals surface area contributed by atoms with Gasteiger partial charge in [0.05, 0.1) is 6.10 Å². The maximum Gasteiger partial charge on any atom is 0.407 e. The molecule has 2 atom stereocenters. The first-order valence-electron chi connectivity index (χ1n) is 9.26. The topological polar surface area (TPSA) is 108 Å². The number of hydrogen-bond donors (Lipinski definition) is 4. The van der Waals surface area contributed by atoms with Gasteiger partial charge >= 0.3 is 6.09 Å². The lowest BCUT2D eigenvalue weighted by molar-refractivity contribution is -0.116. The zero-order valence-electron chi connectivity index (χ0n) is 15.4. The van der Waals surface area contributed by atoms with Crippen molar-refractivity contribution in [2.45, 2.75) is 38.1 Å². The first-order chi connectivity index (χ1) is 13.5. The van der Waals surface area contributed by atoms with Gasteiger partial charge < -0.3 is 25.6 Å². The Morgan fingerprint density at radius 2 is 1.93 bits per heavy atom. The molecule has 0 radical (unpaired) electrons. The van der Waals surface area contributed by atoms with Crippen molar-refractivity contribution in [2.75, 3.05) is 11.9 Å². The van der Waals surface area contributed by atoms with Crippen molar-refractivity contribution >= 4 is 17.7 Å². The Bertz CT molecular complexity index is 825. The second-order valence-corrected chi connectivity index (χ2v) is 6.75. The van der Waals surface area contributed by atoms with Crippen molar-refractivity contribution in [3.63, 3.8) is 0 Å². The molecule has 7 heteroatoms. The van der Waals surface area contributed by atoms with Gasteiger partial charge in [-0.2, -0.15) is 0 Å². The number of amides is 2. The van der Waals surface area contributed by atoms with Gasteiger partial charge in [0, 0.05) is 18.7 Å². The summed E-state index contributed by atoms with van der Waals surface area (Å²) in [4.78, 5) is 23.1. The molecule has 1 aliphatic rings. The molecule has 4 N–H and O–H groups in total. The number of aliphatic hydroxyl groups excluding tert-OH is 2. The molecule has 0 saturated carbocycles. The van der Waals surface area contributed by atoms with Crippen molar-refractivity contribution < 1.29 is 24.5 Å². The van der Waals surface area contributed by atoms with Crippen LogP contribution in [0.5, 0.6) is 0 Å². The predicted molar refractivity (Wildman–Crippen MR) is 104 cm³/mol. The van der Waals surface area contributed by atoms with Crippen LogP contribution in [0.1, 0.15) is 35.6 Å². The number of carbonyl (C=O) groups is 2. The Morgan fingerprint density at radius 3 is 2.71 bits per heavy atom. The maximum atomic E-state index is 11.7. The second-order valence-electron chi connectivity index (χ2n) is 6.75. The molecular weight excluding hydrogens is 360 g/mol. The number of nitrogens with one attached hydrogen (secondary N) is 2. The van der Waals surface area contributed by atoms with E-state index in [2.05, 4.69) is 10.6 Å². The third-order valence-corrected chi connectivity index (χ3v) is 4.65. The second kappa shape index (κ2) is 9.34. The van der Waals surface area contributed by atoms with Crippen molar-refractivity contribution in [2.24, 2.45) is 0 Å². The molecule has 0 aromatic heterocycles. The maximum absolute atomic E-state index is 11.7. The molecule has 2 aromatic carbocycles. The first kappa shape index (κ1) is 19.9. The lowest BCUT2D eigenvalue weighted by atomic mass is 9.95. The fourth-order valence-electron chi connectivity index (χ4n) is 3.06. The zero-order valence-corrected chi connectivity index (χ0v) is 15.4. The van der Waals surface area contributed by atoms with Gasteiger partial charge in [0.15, 0.2) is 0 Å². The van der Waals surface area contributed by atoms with Crippen LogP contribution in [0.3, 0.4) is 0 Å². The largest absolute Gasteiger partial charge is 0.445 e. The summed E-state index contributed by atoms with van der Waals surface area (Å²) < 4.78 is 5.10. The molecular formula is C21H24N2O5. The first-order valence-corrected chi connectivity index (χ1v) is 9.26. The van der Waals surface area contributed by atoms with Crippen molar-refractivity contribution in [3.05, 3.63) is 65.2 Å². The van der Waals surface area contributed by atoms with Gasteiger partial charge in [0.1, 0.15) is 12.7 Å². The highest BCUT2D eigenvalue weighted by Crippen LogP contribution is 2.27. The summed E-state index contributed by atoms with van der Waals surface area (Å²) in [5.41, 5.74) is 3.14. The molecule has 1 aliphatic heterocycles. The number of carbonyl (C=O) groups excluding carboxylic acids is 2. The van der Waals surface area contributed by atoms with Crippen LogP contribution in [0.15, 0.2) is 48.5 Å². The fraction of sp³-hybridized carbons (Fsp3) is 0.333. The third kappa shape index (κ3) is 5.31. The molecule has 148 valence electrons. The summed E-state index contributed by atoms with van der Waals surface area (Å²) >= 11 is 0. The summed E-state index contributed by atoms with van der Waals surface area (Å²) in [5, 5.41) is 26.0. The van der Waals surface area contributed by atoms with Crippen molar-refractivity contribution in [1.29, 1.82) is 0 Å². The Kier molecular flexibility index (Phi) is 6.62. The number of fused-ring (bicyclic) bond motifs is 1.